The number of cyclic esters (lactones) is 1. The van der Waals surface area contributed by atoms with E-state index in [2.05, 4.69) is 6.07 Å². The average molecular weight is 274 g/mol. The summed E-state index contributed by atoms with van der Waals surface area (Å²) in [7, 11) is 0. The number of hydrogen-bond acceptors (Lipinski definition) is 5. The van der Waals surface area contributed by atoms with E-state index in [1.54, 1.807) is 0 Å². The number of hydrogen-bond donors (Lipinski definition) is 0. The highest BCUT2D eigenvalue weighted by molar-refractivity contribution is 5.80. The van der Waals surface area contributed by atoms with Crippen LogP contribution >= 0.6 is 0 Å². The topological polar surface area (TPSA) is 61.8 Å². The van der Waals surface area contributed by atoms with Gasteiger partial charge >= 0.3 is 12.1 Å². The maximum atomic E-state index is 12.1. The summed E-state index contributed by atoms with van der Waals surface area (Å²) < 4.78 is 15.7. The van der Waals surface area contributed by atoms with Crippen LogP contribution in [0.3, 0.4) is 0 Å². The highest BCUT2D eigenvalue weighted by Gasteiger charge is 2.57. The van der Waals surface area contributed by atoms with Crippen molar-refractivity contribution in [1.82, 2.24) is 0 Å². The van der Waals surface area contributed by atoms with Crippen molar-refractivity contribution in [1.29, 1.82) is 0 Å². The van der Waals surface area contributed by atoms with Crippen LogP contribution in [0, 0.1) is 12.8 Å². The van der Waals surface area contributed by atoms with E-state index in [9.17, 15) is 9.59 Å². The zero-order valence-electron chi connectivity index (χ0n) is 11.0. The monoisotopic (exact) mass is 274 g/mol. The highest BCUT2D eigenvalue weighted by atomic mass is 16.8. The maximum absolute atomic E-state index is 12.1. The van der Waals surface area contributed by atoms with Crippen LogP contribution in [0.15, 0.2) is 18.2 Å². The first kappa shape index (κ1) is 11.8. The first-order valence-electron chi connectivity index (χ1n) is 6.74. The number of carbonyl (C=O) groups excluding carboxylic acids is 2. The number of benzene rings is 1. The fourth-order valence-electron chi connectivity index (χ4n) is 3.61. The smallest absolute Gasteiger partial charge is 0.430 e. The standard InChI is InChI=1S/C15H14O5/c1-8-2-3-12-9(4-8)10-5-15(7-18-14(17)20-15)6-11(10)13(16)19-12/h2-4,10-11H,5-7H2,1H3/t10-,11-,15+/m1/s1. The molecule has 0 unspecified atom stereocenters. The van der Waals surface area contributed by atoms with Crippen molar-refractivity contribution in [3.05, 3.63) is 29.3 Å². The Kier molecular flexibility index (Phi) is 2.20. The van der Waals surface area contributed by atoms with E-state index >= 15 is 0 Å². The third-order valence-corrected chi connectivity index (χ3v) is 4.50. The van der Waals surface area contributed by atoms with Gasteiger partial charge in [0.2, 0.25) is 0 Å². The third kappa shape index (κ3) is 1.55. The second-order valence-corrected chi connectivity index (χ2v) is 5.91. The Morgan fingerprint density at radius 2 is 2.00 bits per heavy atom. The van der Waals surface area contributed by atoms with Crippen LogP contribution in [0.5, 0.6) is 5.75 Å². The minimum absolute atomic E-state index is 0.0423. The predicted octanol–water partition coefficient (Wildman–Crippen LogP) is 2.31. The molecule has 20 heavy (non-hydrogen) atoms. The molecule has 2 heterocycles. The van der Waals surface area contributed by atoms with Crippen LogP contribution in [0.1, 0.15) is 29.9 Å². The largest absolute Gasteiger partial charge is 0.509 e. The Hall–Kier alpha value is -2.04. The van der Waals surface area contributed by atoms with Gasteiger partial charge in [-0.05, 0) is 25.0 Å². The van der Waals surface area contributed by atoms with Gasteiger partial charge in [-0.1, -0.05) is 17.7 Å². The van der Waals surface area contributed by atoms with Crippen molar-refractivity contribution < 1.29 is 23.8 Å². The zero-order chi connectivity index (χ0) is 13.9. The molecule has 0 radical (unpaired) electrons. The first-order chi connectivity index (χ1) is 9.56. The van der Waals surface area contributed by atoms with E-state index in [1.807, 2.05) is 19.1 Å². The summed E-state index contributed by atoms with van der Waals surface area (Å²) in [5, 5.41) is 0. The molecule has 0 bridgehead atoms. The van der Waals surface area contributed by atoms with Crippen LogP contribution in [0.25, 0.3) is 0 Å². The lowest BCUT2D eigenvalue weighted by molar-refractivity contribution is -0.141. The summed E-state index contributed by atoms with van der Waals surface area (Å²) in [6, 6.07) is 5.81. The van der Waals surface area contributed by atoms with Gasteiger partial charge < -0.3 is 14.2 Å². The van der Waals surface area contributed by atoms with Crippen molar-refractivity contribution in [2.75, 3.05) is 6.61 Å². The van der Waals surface area contributed by atoms with E-state index in [-0.39, 0.29) is 24.4 Å². The fraction of sp³-hybridized carbons (Fsp3) is 0.467. The predicted molar refractivity (Wildman–Crippen MR) is 67.4 cm³/mol. The van der Waals surface area contributed by atoms with Crippen molar-refractivity contribution in [2.24, 2.45) is 5.92 Å². The van der Waals surface area contributed by atoms with Crippen LogP contribution in [0.2, 0.25) is 0 Å². The van der Waals surface area contributed by atoms with E-state index in [0.29, 0.717) is 18.6 Å². The molecule has 3 aliphatic rings. The number of esters is 1. The molecule has 1 saturated carbocycles. The molecule has 104 valence electrons. The number of carbonyl (C=O) groups is 2. The van der Waals surface area contributed by atoms with Gasteiger partial charge in [0.15, 0.2) is 5.60 Å². The maximum Gasteiger partial charge on any atom is 0.509 e. The Balaban J connectivity index is 1.75. The molecule has 2 aliphatic heterocycles. The minimum atomic E-state index is -0.656. The Labute approximate surface area is 115 Å². The molecule has 2 fully saturated rings. The molecule has 5 nitrogen and oxygen atoms in total. The van der Waals surface area contributed by atoms with Gasteiger partial charge in [-0.3, -0.25) is 4.79 Å². The molecule has 1 aliphatic carbocycles. The van der Waals surface area contributed by atoms with Gasteiger partial charge in [0.05, 0.1) is 5.92 Å². The van der Waals surface area contributed by atoms with Crippen LogP contribution in [0.4, 0.5) is 4.79 Å². The van der Waals surface area contributed by atoms with Gasteiger partial charge in [0.1, 0.15) is 12.4 Å². The first-order valence-corrected chi connectivity index (χ1v) is 6.74. The molecule has 3 atom stereocenters. The molecule has 1 aromatic carbocycles. The van der Waals surface area contributed by atoms with Crippen molar-refractivity contribution >= 4 is 12.1 Å². The Morgan fingerprint density at radius 1 is 1.20 bits per heavy atom. The van der Waals surface area contributed by atoms with Gasteiger partial charge in [-0.25, -0.2) is 4.79 Å². The van der Waals surface area contributed by atoms with Crippen molar-refractivity contribution in [3.8, 4) is 5.75 Å². The Morgan fingerprint density at radius 3 is 2.75 bits per heavy atom. The van der Waals surface area contributed by atoms with Gasteiger partial charge in [0.25, 0.3) is 0 Å². The van der Waals surface area contributed by atoms with Crippen LogP contribution < -0.4 is 4.74 Å². The second-order valence-electron chi connectivity index (χ2n) is 5.91. The normalized spacial score (nSPS) is 34.2. The molecule has 1 aromatic rings. The lowest BCUT2D eigenvalue weighted by Crippen LogP contribution is -2.30. The number of aryl methyl sites for hydroxylation is 1. The lowest BCUT2D eigenvalue weighted by atomic mass is 9.85. The van der Waals surface area contributed by atoms with E-state index in [4.69, 9.17) is 14.2 Å². The molecule has 5 heteroatoms. The molecule has 0 amide bonds. The van der Waals surface area contributed by atoms with Gasteiger partial charge in [-0.15, -0.1) is 0 Å². The minimum Gasteiger partial charge on any atom is -0.430 e. The van der Waals surface area contributed by atoms with E-state index in [1.165, 1.54) is 0 Å². The lowest BCUT2D eigenvalue weighted by Gasteiger charge is -2.26. The molecule has 1 saturated heterocycles. The van der Waals surface area contributed by atoms with E-state index < -0.39 is 11.8 Å². The summed E-state index contributed by atoms with van der Waals surface area (Å²) in [4.78, 5) is 23.4. The zero-order valence-corrected chi connectivity index (χ0v) is 11.0. The summed E-state index contributed by atoms with van der Waals surface area (Å²) >= 11 is 0. The molecule has 1 spiro atoms. The number of rotatable bonds is 0. The highest BCUT2D eigenvalue weighted by Crippen LogP contribution is 2.53. The van der Waals surface area contributed by atoms with Crippen LogP contribution in [-0.2, 0) is 14.3 Å². The third-order valence-electron chi connectivity index (χ3n) is 4.50. The number of fused-ring (bicyclic) bond motifs is 3. The molecular weight excluding hydrogens is 260 g/mol. The van der Waals surface area contributed by atoms with Crippen LogP contribution in [-0.4, -0.2) is 24.3 Å². The van der Waals surface area contributed by atoms with Crippen molar-refractivity contribution in [3.63, 3.8) is 0 Å². The van der Waals surface area contributed by atoms with Crippen molar-refractivity contribution in [2.45, 2.75) is 31.3 Å². The fourth-order valence-corrected chi connectivity index (χ4v) is 3.61. The average Bonchev–Trinajstić information content (AvgIpc) is 2.95. The molecule has 4 rings (SSSR count). The molecular formula is C15H14O5. The SMILES string of the molecule is Cc1ccc2c(c1)[C@H]1C[C@@]3(COC(=O)O3)C[C@H]1C(=O)O2. The van der Waals surface area contributed by atoms with Gasteiger partial charge in [0, 0.05) is 12.3 Å². The molecule has 0 N–H and O–H groups in total. The summed E-state index contributed by atoms with van der Waals surface area (Å²) in [6.45, 7) is 2.24. The number of ether oxygens (including phenoxy) is 3. The summed E-state index contributed by atoms with van der Waals surface area (Å²) in [5.41, 5.74) is 1.51. The quantitative estimate of drug-likeness (QED) is 0.536. The van der Waals surface area contributed by atoms with Gasteiger partial charge in [-0.2, -0.15) is 0 Å². The summed E-state index contributed by atoms with van der Waals surface area (Å²) in [5.74, 6) is 0.190. The second kappa shape index (κ2) is 3.75. The summed E-state index contributed by atoms with van der Waals surface area (Å²) in [6.07, 6.45) is 0.464. The molecule has 0 aromatic heterocycles. The Bertz CT molecular complexity index is 623. The van der Waals surface area contributed by atoms with E-state index in [0.717, 1.165) is 11.1 Å².